The lowest BCUT2D eigenvalue weighted by molar-refractivity contribution is -0.149. The van der Waals surface area contributed by atoms with E-state index in [9.17, 15) is 4.79 Å². The molecule has 0 aromatic rings. The lowest BCUT2D eigenvalue weighted by Crippen LogP contribution is -2.62. The van der Waals surface area contributed by atoms with Crippen LogP contribution in [0.25, 0.3) is 0 Å². The second kappa shape index (κ2) is 5.04. The first kappa shape index (κ1) is 13.3. The van der Waals surface area contributed by atoms with Gasteiger partial charge in [-0.05, 0) is 38.1 Å². The molecule has 3 fully saturated rings. The molecule has 0 amide bonds. The number of carbonyl (C=O) groups is 1. The quantitative estimate of drug-likeness (QED) is 0.729. The van der Waals surface area contributed by atoms with Gasteiger partial charge in [-0.15, -0.1) is 0 Å². The SMILES string of the molecule is COC(=O)C(N)(CN1CCN2CCCC2C1)C1CC1. The number of rotatable bonds is 4. The van der Waals surface area contributed by atoms with Gasteiger partial charge in [0.2, 0.25) is 0 Å². The van der Waals surface area contributed by atoms with Gasteiger partial charge in [0.15, 0.2) is 0 Å². The van der Waals surface area contributed by atoms with Gasteiger partial charge in [-0.25, -0.2) is 0 Å². The Morgan fingerprint density at radius 3 is 2.79 bits per heavy atom. The Morgan fingerprint density at radius 2 is 2.11 bits per heavy atom. The molecule has 0 spiro atoms. The van der Waals surface area contributed by atoms with Crippen molar-refractivity contribution >= 4 is 5.97 Å². The molecule has 108 valence electrons. The molecule has 2 saturated heterocycles. The van der Waals surface area contributed by atoms with Crippen LogP contribution >= 0.6 is 0 Å². The van der Waals surface area contributed by atoms with Gasteiger partial charge >= 0.3 is 5.97 Å². The summed E-state index contributed by atoms with van der Waals surface area (Å²) in [4.78, 5) is 17.0. The van der Waals surface area contributed by atoms with Crippen molar-refractivity contribution in [3.05, 3.63) is 0 Å². The predicted octanol–water partition coefficient (Wildman–Crippen LogP) is 0.0469. The maximum Gasteiger partial charge on any atom is 0.327 e. The van der Waals surface area contributed by atoms with Crippen LogP contribution in [0.2, 0.25) is 0 Å². The van der Waals surface area contributed by atoms with E-state index in [1.807, 2.05) is 0 Å². The molecule has 2 aliphatic heterocycles. The largest absolute Gasteiger partial charge is 0.468 e. The zero-order valence-electron chi connectivity index (χ0n) is 11.8. The number of piperazine rings is 1. The summed E-state index contributed by atoms with van der Waals surface area (Å²) in [7, 11) is 1.45. The molecule has 19 heavy (non-hydrogen) atoms. The van der Waals surface area contributed by atoms with Crippen molar-refractivity contribution in [2.45, 2.75) is 37.3 Å². The van der Waals surface area contributed by atoms with Crippen LogP contribution in [0.1, 0.15) is 25.7 Å². The molecule has 2 heterocycles. The number of hydrogen-bond acceptors (Lipinski definition) is 5. The van der Waals surface area contributed by atoms with E-state index in [-0.39, 0.29) is 5.97 Å². The number of hydrogen-bond donors (Lipinski definition) is 1. The monoisotopic (exact) mass is 267 g/mol. The number of fused-ring (bicyclic) bond motifs is 1. The highest BCUT2D eigenvalue weighted by Gasteiger charge is 2.50. The molecule has 1 saturated carbocycles. The second-order valence-electron chi connectivity index (χ2n) is 6.37. The van der Waals surface area contributed by atoms with E-state index in [4.69, 9.17) is 10.5 Å². The zero-order valence-corrected chi connectivity index (χ0v) is 11.8. The normalized spacial score (nSPS) is 31.8. The van der Waals surface area contributed by atoms with Gasteiger partial charge in [0.05, 0.1) is 7.11 Å². The van der Waals surface area contributed by atoms with Crippen LogP contribution in [0.15, 0.2) is 0 Å². The van der Waals surface area contributed by atoms with Crippen molar-refractivity contribution < 1.29 is 9.53 Å². The highest BCUT2D eigenvalue weighted by Crippen LogP contribution is 2.39. The minimum Gasteiger partial charge on any atom is -0.468 e. The van der Waals surface area contributed by atoms with Crippen LogP contribution in [-0.4, -0.2) is 67.2 Å². The summed E-state index contributed by atoms with van der Waals surface area (Å²) < 4.78 is 4.94. The van der Waals surface area contributed by atoms with E-state index < -0.39 is 5.54 Å². The van der Waals surface area contributed by atoms with Crippen LogP contribution in [0, 0.1) is 5.92 Å². The van der Waals surface area contributed by atoms with E-state index in [0.717, 1.165) is 32.5 Å². The fourth-order valence-corrected chi connectivity index (χ4v) is 3.72. The van der Waals surface area contributed by atoms with Crippen LogP contribution in [0.3, 0.4) is 0 Å². The minimum absolute atomic E-state index is 0.233. The smallest absolute Gasteiger partial charge is 0.327 e. The van der Waals surface area contributed by atoms with Crippen molar-refractivity contribution in [3.63, 3.8) is 0 Å². The third-order valence-electron chi connectivity index (χ3n) is 5.03. The van der Waals surface area contributed by atoms with Gasteiger partial charge in [0, 0.05) is 32.2 Å². The second-order valence-corrected chi connectivity index (χ2v) is 6.37. The van der Waals surface area contributed by atoms with E-state index in [0.29, 0.717) is 18.5 Å². The summed E-state index contributed by atoms with van der Waals surface area (Å²) in [5, 5.41) is 0. The van der Waals surface area contributed by atoms with Crippen molar-refractivity contribution in [3.8, 4) is 0 Å². The van der Waals surface area contributed by atoms with Gasteiger partial charge in [-0.3, -0.25) is 14.6 Å². The first-order chi connectivity index (χ1) is 9.13. The molecule has 0 aromatic heterocycles. The number of methoxy groups -OCH3 is 1. The maximum absolute atomic E-state index is 12.0. The van der Waals surface area contributed by atoms with Crippen LogP contribution in [0.5, 0.6) is 0 Å². The summed E-state index contributed by atoms with van der Waals surface area (Å²) in [6.45, 7) is 5.11. The fraction of sp³-hybridized carbons (Fsp3) is 0.929. The van der Waals surface area contributed by atoms with Crippen molar-refractivity contribution in [1.82, 2.24) is 9.80 Å². The molecule has 0 aromatic carbocycles. The standard InChI is InChI=1S/C14H25N3O2/c1-19-13(18)14(15,11-4-5-11)10-16-7-8-17-6-2-3-12(17)9-16/h11-12H,2-10,15H2,1H3. The van der Waals surface area contributed by atoms with E-state index >= 15 is 0 Å². The Morgan fingerprint density at radius 1 is 1.32 bits per heavy atom. The minimum atomic E-state index is -0.782. The molecule has 2 N–H and O–H groups in total. The van der Waals surface area contributed by atoms with Gasteiger partial charge < -0.3 is 10.5 Å². The third-order valence-corrected chi connectivity index (χ3v) is 5.03. The maximum atomic E-state index is 12.0. The Kier molecular flexibility index (Phi) is 3.53. The van der Waals surface area contributed by atoms with Gasteiger partial charge in [0.1, 0.15) is 5.54 Å². The predicted molar refractivity (Wildman–Crippen MR) is 72.7 cm³/mol. The van der Waals surface area contributed by atoms with Crippen molar-refractivity contribution in [2.75, 3.05) is 39.8 Å². The molecule has 0 bridgehead atoms. The Labute approximate surface area is 115 Å². The average molecular weight is 267 g/mol. The summed E-state index contributed by atoms with van der Waals surface area (Å²) in [6.07, 6.45) is 4.73. The number of esters is 1. The van der Waals surface area contributed by atoms with E-state index in [1.165, 1.54) is 26.5 Å². The van der Waals surface area contributed by atoms with Crippen molar-refractivity contribution in [1.29, 1.82) is 0 Å². The molecular weight excluding hydrogens is 242 g/mol. The third kappa shape index (κ3) is 2.51. The lowest BCUT2D eigenvalue weighted by atomic mass is 9.93. The molecule has 5 nitrogen and oxygen atoms in total. The van der Waals surface area contributed by atoms with Crippen LogP contribution in [-0.2, 0) is 9.53 Å². The number of nitrogens with zero attached hydrogens (tertiary/aromatic N) is 2. The molecule has 5 heteroatoms. The van der Waals surface area contributed by atoms with Gasteiger partial charge in [0.25, 0.3) is 0 Å². The van der Waals surface area contributed by atoms with Gasteiger partial charge in [-0.2, -0.15) is 0 Å². The lowest BCUT2D eigenvalue weighted by Gasteiger charge is -2.41. The fourth-order valence-electron chi connectivity index (χ4n) is 3.72. The zero-order chi connectivity index (χ0) is 13.5. The summed E-state index contributed by atoms with van der Waals surface area (Å²) in [5.41, 5.74) is 5.61. The summed E-state index contributed by atoms with van der Waals surface area (Å²) in [5.74, 6) is 0.0883. The first-order valence-corrected chi connectivity index (χ1v) is 7.47. The summed E-state index contributed by atoms with van der Waals surface area (Å²) >= 11 is 0. The number of nitrogens with two attached hydrogens (primary N) is 1. The van der Waals surface area contributed by atoms with E-state index in [2.05, 4.69) is 9.80 Å². The molecule has 1 aliphatic carbocycles. The number of carbonyl (C=O) groups excluding carboxylic acids is 1. The summed E-state index contributed by atoms with van der Waals surface area (Å²) in [6, 6.07) is 0.676. The molecule has 0 radical (unpaired) electrons. The van der Waals surface area contributed by atoms with Crippen LogP contribution in [0.4, 0.5) is 0 Å². The first-order valence-electron chi connectivity index (χ1n) is 7.47. The van der Waals surface area contributed by atoms with E-state index in [1.54, 1.807) is 0 Å². The molecule has 2 atom stereocenters. The number of ether oxygens (including phenoxy) is 1. The molecule has 2 unspecified atom stereocenters. The highest BCUT2D eigenvalue weighted by molar-refractivity contribution is 5.81. The van der Waals surface area contributed by atoms with Crippen molar-refractivity contribution in [2.24, 2.45) is 11.7 Å². The average Bonchev–Trinajstić information content (AvgIpc) is 3.17. The van der Waals surface area contributed by atoms with Gasteiger partial charge in [-0.1, -0.05) is 0 Å². The Balaban J connectivity index is 1.64. The highest BCUT2D eigenvalue weighted by atomic mass is 16.5. The Bertz CT molecular complexity index is 359. The Hall–Kier alpha value is -0.650. The molecule has 3 aliphatic rings. The molecule has 3 rings (SSSR count). The van der Waals surface area contributed by atoms with Crippen LogP contribution < -0.4 is 5.73 Å². The molecular formula is C14H25N3O2. The topological polar surface area (TPSA) is 58.8 Å².